The van der Waals surface area contributed by atoms with E-state index in [4.69, 9.17) is 11.6 Å². The summed E-state index contributed by atoms with van der Waals surface area (Å²) in [5.41, 5.74) is 0.909. The van der Waals surface area contributed by atoms with Gasteiger partial charge < -0.3 is 0 Å². The lowest BCUT2D eigenvalue weighted by atomic mass is 10.1. The summed E-state index contributed by atoms with van der Waals surface area (Å²) < 4.78 is 0. The number of nitrogens with zero attached hydrogens (tertiary/aromatic N) is 1. The molecule has 0 aromatic carbocycles. The number of carbonyl (C=O) groups is 1. The summed E-state index contributed by atoms with van der Waals surface area (Å²) in [5, 5.41) is 0.689. The number of ketones is 1. The highest BCUT2D eigenvalue weighted by molar-refractivity contribution is 6.30. The van der Waals surface area contributed by atoms with Gasteiger partial charge in [-0.05, 0) is 31.4 Å². The normalized spacial score (nSPS) is 15.5. The van der Waals surface area contributed by atoms with Crippen LogP contribution in [0.1, 0.15) is 25.0 Å². The van der Waals surface area contributed by atoms with Crippen molar-refractivity contribution in [3.63, 3.8) is 0 Å². The molecule has 0 unspecified atom stereocenters. The Labute approximate surface area is 88.3 Å². The largest absolute Gasteiger partial charge is 0.299 e. The summed E-state index contributed by atoms with van der Waals surface area (Å²) in [6, 6.07) is 3.56. The van der Waals surface area contributed by atoms with Gasteiger partial charge in [-0.1, -0.05) is 11.6 Å². The van der Waals surface area contributed by atoms with E-state index in [2.05, 4.69) is 4.98 Å². The zero-order valence-corrected chi connectivity index (χ0v) is 8.63. The molecule has 0 bridgehead atoms. The van der Waals surface area contributed by atoms with Crippen LogP contribution in [-0.4, -0.2) is 10.8 Å². The Bertz CT molecular complexity index is 347. The topological polar surface area (TPSA) is 30.0 Å². The number of hydrogen-bond acceptors (Lipinski definition) is 2. The van der Waals surface area contributed by atoms with Gasteiger partial charge in [-0.2, -0.15) is 0 Å². The molecule has 0 saturated heterocycles. The van der Waals surface area contributed by atoms with Crippen molar-refractivity contribution in [2.24, 2.45) is 5.92 Å². The summed E-state index contributed by atoms with van der Waals surface area (Å²) >= 11 is 5.81. The van der Waals surface area contributed by atoms with Crippen molar-refractivity contribution in [2.45, 2.75) is 25.7 Å². The SMILES string of the molecule is O=C(CCc1cc(Cl)ccn1)C1CC1. The van der Waals surface area contributed by atoms with Crippen LogP contribution < -0.4 is 0 Å². The quantitative estimate of drug-likeness (QED) is 0.763. The van der Waals surface area contributed by atoms with E-state index in [0.29, 0.717) is 23.1 Å². The average molecular weight is 210 g/mol. The maximum absolute atomic E-state index is 11.4. The molecular weight excluding hydrogens is 198 g/mol. The third-order valence-corrected chi connectivity index (χ3v) is 2.67. The Morgan fingerprint density at radius 1 is 1.57 bits per heavy atom. The molecule has 3 heteroatoms. The number of halogens is 1. The van der Waals surface area contributed by atoms with Crippen LogP contribution in [0, 0.1) is 5.92 Å². The molecule has 1 heterocycles. The van der Waals surface area contributed by atoms with Crippen LogP contribution in [0.2, 0.25) is 5.02 Å². The predicted molar refractivity (Wildman–Crippen MR) is 55.3 cm³/mol. The highest BCUT2D eigenvalue weighted by Gasteiger charge is 2.28. The van der Waals surface area contributed by atoms with Crippen molar-refractivity contribution in [3.05, 3.63) is 29.0 Å². The van der Waals surface area contributed by atoms with Gasteiger partial charge in [0.1, 0.15) is 5.78 Å². The van der Waals surface area contributed by atoms with E-state index in [1.807, 2.05) is 6.07 Å². The highest BCUT2D eigenvalue weighted by Crippen LogP contribution is 2.31. The van der Waals surface area contributed by atoms with Gasteiger partial charge >= 0.3 is 0 Å². The Morgan fingerprint density at radius 3 is 3.00 bits per heavy atom. The van der Waals surface area contributed by atoms with Gasteiger partial charge in [0.2, 0.25) is 0 Å². The molecule has 0 N–H and O–H groups in total. The second kappa shape index (κ2) is 4.09. The van der Waals surface area contributed by atoms with Crippen LogP contribution in [-0.2, 0) is 11.2 Å². The molecule has 0 spiro atoms. The van der Waals surface area contributed by atoms with Crippen molar-refractivity contribution < 1.29 is 4.79 Å². The Morgan fingerprint density at radius 2 is 2.36 bits per heavy atom. The van der Waals surface area contributed by atoms with Crippen LogP contribution in [0.4, 0.5) is 0 Å². The molecule has 0 amide bonds. The van der Waals surface area contributed by atoms with Gasteiger partial charge in [0.25, 0.3) is 0 Å². The number of hydrogen-bond donors (Lipinski definition) is 0. The molecule has 1 aromatic rings. The zero-order chi connectivity index (χ0) is 9.97. The van der Waals surface area contributed by atoms with Gasteiger partial charge in [-0.25, -0.2) is 0 Å². The predicted octanol–water partition coefficient (Wildman–Crippen LogP) is 2.65. The van der Waals surface area contributed by atoms with E-state index in [1.165, 1.54) is 0 Å². The molecule has 1 saturated carbocycles. The van der Waals surface area contributed by atoms with Crippen molar-refractivity contribution in [3.8, 4) is 0 Å². The van der Waals surface area contributed by atoms with Crippen LogP contribution in [0.15, 0.2) is 18.3 Å². The summed E-state index contributed by atoms with van der Waals surface area (Å²) in [5.74, 6) is 0.737. The standard InChI is InChI=1S/C11H12ClNO/c12-9-5-6-13-10(7-9)3-4-11(14)8-1-2-8/h5-8H,1-4H2. The minimum absolute atomic E-state index is 0.356. The first-order chi connectivity index (χ1) is 6.75. The first-order valence-electron chi connectivity index (χ1n) is 4.89. The number of aromatic nitrogens is 1. The summed E-state index contributed by atoms with van der Waals surface area (Å²) in [7, 11) is 0. The molecule has 1 aliphatic rings. The van der Waals surface area contributed by atoms with Crippen molar-refractivity contribution in [2.75, 3.05) is 0 Å². The minimum Gasteiger partial charge on any atom is -0.299 e. The smallest absolute Gasteiger partial charge is 0.136 e. The fourth-order valence-corrected chi connectivity index (χ4v) is 1.63. The van der Waals surface area contributed by atoms with Crippen molar-refractivity contribution in [1.82, 2.24) is 4.98 Å². The monoisotopic (exact) mass is 209 g/mol. The number of aryl methyl sites for hydroxylation is 1. The van der Waals surface area contributed by atoms with E-state index < -0.39 is 0 Å². The molecule has 14 heavy (non-hydrogen) atoms. The average Bonchev–Trinajstić information content (AvgIpc) is 2.97. The number of Topliss-reactive ketones (excluding diaryl/α,β-unsaturated/α-hetero) is 1. The maximum atomic E-state index is 11.4. The molecule has 1 fully saturated rings. The van der Waals surface area contributed by atoms with E-state index in [-0.39, 0.29) is 0 Å². The van der Waals surface area contributed by atoms with Crippen molar-refractivity contribution in [1.29, 1.82) is 0 Å². The highest BCUT2D eigenvalue weighted by atomic mass is 35.5. The Hall–Kier alpha value is -0.890. The lowest BCUT2D eigenvalue weighted by Gasteiger charge is -1.99. The molecule has 0 atom stereocenters. The summed E-state index contributed by atoms with van der Waals surface area (Å²) in [6.45, 7) is 0. The van der Waals surface area contributed by atoms with Crippen molar-refractivity contribution >= 4 is 17.4 Å². The number of rotatable bonds is 4. The van der Waals surface area contributed by atoms with Gasteiger partial charge in [-0.3, -0.25) is 9.78 Å². The van der Waals surface area contributed by atoms with Gasteiger partial charge in [0, 0.05) is 29.3 Å². The second-order valence-electron chi connectivity index (χ2n) is 3.71. The van der Waals surface area contributed by atoms with Crippen LogP contribution in [0.25, 0.3) is 0 Å². The lowest BCUT2D eigenvalue weighted by Crippen LogP contribution is -2.02. The molecule has 1 aliphatic carbocycles. The Kier molecular flexibility index (Phi) is 2.82. The fourth-order valence-electron chi connectivity index (χ4n) is 1.45. The van der Waals surface area contributed by atoms with Crippen LogP contribution in [0.5, 0.6) is 0 Å². The molecule has 0 aliphatic heterocycles. The van der Waals surface area contributed by atoms with E-state index in [0.717, 1.165) is 25.0 Å². The second-order valence-corrected chi connectivity index (χ2v) is 4.14. The molecule has 0 radical (unpaired) electrons. The maximum Gasteiger partial charge on any atom is 0.136 e. The first-order valence-corrected chi connectivity index (χ1v) is 5.26. The van der Waals surface area contributed by atoms with Gasteiger partial charge in [0.15, 0.2) is 0 Å². The third-order valence-electron chi connectivity index (χ3n) is 2.44. The lowest BCUT2D eigenvalue weighted by molar-refractivity contribution is -0.120. The van der Waals surface area contributed by atoms with E-state index >= 15 is 0 Å². The fraction of sp³-hybridized carbons (Fsp3) is 0.455. The van der Waals surface area contributed by atoms with Crippen LogP contribution in [0.3, 0.4) is 0 Å². The summed E-state index contributed by atoms with van der Waals surface area (Å²) in [4.78, 5) is 15.6. The van der Waals surface area contributed by atoms with Gasteiger partial charge in [-0.15, -0.1) is 0 Å². The third kappa shape index (κ3) is 2.55. The summed E-state index contributed by atoms with van der Waals surface area (Å²) in [6.07, 6.45) is 5.18. The molecule has 2 nitrogen and oxygen atoms in total. The number of carbonyl (C=O) groups excluding carboxylic acids is 1. The molecule has 74 valence electrons. The first kappa shape index (κ1) is 9.66. The number of pyridine rings is 1. The van der Waals surface area contributed by atoms with E-state index in [1.54, 1.807) is 12.3 Å². The molecular formula is C11H12ClNO. The molecule has 2 rings (SSSR count). The minimum atomic E-state index is 0.356. The van der Waals surface area contributed by atoms with Crippen LogP contribution >= 0.6 is 11.6 Å². The Balaban J connectivity index is 1.87. The zero-order valence-electron chi connectivity index (χ0n) is 7.87. The molecule has 1 aromatic heterocycles. The van der Waals surface area contributed by atoms with Gasteiger partial charge in [0.05, 0.1) is 0 Å². The van der Waals surface area contributed by atoms with E-state index in [9.17, 15) is 4.79 Å².